The first kappa shape index (κ1) is 19.0. The number of piperidine rings is 1. The van der Waals surface area contributed by atoms with Gasteiger partial charge in [0.15, 0.2) is 16.6 Å². The molecule has 28 heavy (non-hydrogen) atoms. The molecule has 0 amide bonds. The van der Waals surface area contributed by atoms with Crippen molar-refractivity contribution >= 4 is 17.3 Å². The van der Waals surface area contributed by atoms with Gasteiger partial charge < -0.3 is 25.0 Å². The van der Waals surface area contributed by atoms with Crippen LogP contribution in [0.2, 0.25) is 0 Å². The normalized spacial score (nSPS) is 16.0. The maximum atomic E-state index is 5.47. The molecule has 2 aliphatic heterocycles. The lowest BCUT2D eigenvalue weighted by Crippen LogP contribution is -3.11. The molecule has 0 aliphatic carbocycles. The maximum absolute atomic E-state index is 5.47. The summed E-state index contributed by atoms with van der Waals surface area (Å²) in [7, 11) is 0. The third-order valence-corrected chi connectivity index (χ3v) is 5.74. The van der Waals surface area contributed by atoms with Crippen molar-refractivity contribution in [1.82, 2.24) is 10.6 Å². The van der Waals surface area contributed by atoms with E-state index in [-0.39, 0.29) is 0 Å². The highest BCUT2D eigenvalue weighted by Gasteiger charge is 2.16. The van der Waals surface area contributed by atoms with E-state index in [9.17, 15) is 0 Å². The monoisotopic (exact) mass is 398 g/mol. The maximum Gasteiger partial charge on any atom is 0.231 e. The van der Waals surface area contributed by atoms with Crippen molar-refractivity contribution in [2.75, 3.05) is 19.9 Å². The van der Waals surface area contributed by atoms with Crippen LogP contribution >= 0.6 is 12.2 Å². The Hall–Kier alpha value is -2.31. The first-order valence-electron chi connectivity index (χ1n) is 10.1. The van der Waals surface area contributed by atoms with Gasteiger partial charge >= 0.3 is 0 Å². The van der Waals surface area contributed by atoms with E-state index >= 15 is 0 Å². The molecule has 6 heteroatoms. The second-order valence-electron chi connectivity index (χ2n) is 7.48. The molecule has 148 valence electrons. The molecule has 2 heterocycles. The summed E-state index contributed by atoms with van der Waals surface area (Å²) >= 11 is 5.47. The minimum absolute atomic E-state index is 0.296. The quantitative estimate of drug-likeness (QED) is 0.651. The summed E-state index contributed by atoms with van der Waals surface area (Å²) in [5.74, 6) is 1.60. The number of likely N-dealkylation sites (tertiary alicyclic amines) is 1. The Morgan fingerprint density at radius 3 is 2.50 bits per heavy atom. The fraction of sp³-hybridized carbons (Fsp3) is 0.409. The van der Waals surface area contributed by atoms with E-state index in [4.69, 9.17) is 21.7 Å². The lowest BCUT2D eigenvalue weighted by Gasteiger charge is -2.24. The first-order chi connectivity index (χ1) is 13.8. The second-order valence-corrected chi connectivity index (χ2v) is 7.89. The lowest BCUT2D eigenvalue weighted by molar-refractivity contribution is -0.918. The predicted molar refractivity (Wildman–Crippen MR) is 114 cm³/mol. The second kappa shape index (κ2) is 9.26. The number of benzene rings is 2. The highest BCUT2D eigenvalue weighted by atomic mass is 32.1. The Bertz CT molecular complexity index is 821. The van der Waals surface area contributed by atoms with Gasteiger partial charge in [0.2, 0.25) is 6.79 Å². The molecule has 2 aromatic carbocycles. The predicted octanol–water partition coefficient (Wildman–Crippen LogP) is 2.15. The van der Waals surface area contributed by atoms with E-state index < -0.39 is 0 Å². The van der Waals surface area contributed by atoms with Gasteiger partial charge in [-0.1, -0.05) is 30.3 Å². The Balaban J connectivity index is 1.27. The van der Waals surface area contributed by atoms with Gasteiger partial charge in [-0.05, 0) is 54.7 Å². The zero-order chi connectivity index (χ0) is 19.2. The Morgan fingerprint density at radius 2 is 1.64 bits per heavy atom. The van der Waals surface area contributed by atoms with Crippen LogP contribution < -0.4 is 25.0 Å². The van der Waals surface area contributed by atoms with E-state index in [1.807, 2.05) is 18.2 Å². The zero-order valence-electron chi connectivity index (χ0n) is 16.1. The molecule has 4 rings (SSSR count). The molecule has 0 spiro atoms. The molecule has 0 atom stereocenters. The number of hydrogen-bond acceptors (Lipinski definition) is 3. The summed E-state index contributed by atoms with van der Waals surface area (Å²) < 4.78 is 10.8. The highest BCUT2D eigenvalue weighted by Crippen LogP contribution is 2.32. The van der Waals surface area contributed by atoms with Crippen LogP contribution in [0.25, 0.3) is 0 Å². The van der Waals surface area contributed by atoms with E-state index in [1.165, 1.54) is 43.5 Å². The van der Waals surface area contributed by atoms with Gasteiger partial charge in [0.1, 0.15) is 6.54 Å². The SMILES string of the molecule is S=C(NCc1ccc2c(c1)OCO2)NCc1ccccc1C[NH+]1CCCCC1. The largest absolute Gasteiger partial charge is 0.454 e. The minimum Gasteiger partial charge on any atom is -0.454 e. The van der Waals surface area contributed by atoms with Crippen molar-refractivity contribution in [3.8, 4) is 11.5 Å². The summed E-state index contributed by atoms with van der Waals surface area (Å²) in [5.41, 5.74) is 3.86. The van der Waals surface area contributed by atoms with E-state index in [2.05, 4.69) is 34.9 Å². The molecular formula is C22H28N3O2S+. The molecule has 0 aromatic heterocycles. The average Bonchev–Trinajstić information content (AvgIpc) is 3.20. The van der Waals surface area contributed by atoms with Gasteiger partial charge in [0.25, 0.3) is 0 Å². The molecule has 3 N–H and O–H groups in total. The molecule has 2 aromatic rings. The summed E-state index contributed by atoms with van der Waals surface area (Å²) in [6.45, 7) is 5.38. The lowest BCUT2D eigenvalue weighted by atomic mass is 10.0. The fourth-order valence-corrected chi connectivity index (χ4v) is 4.02. The van der Waals surface area contributed by atoms with E-state index in [1.54, 1.807) is 4.90 Å². The number of quaternary nitrogens is 1. The van der Waals surface area contributed by atoms with Crippen molar-refractivity contribution in [2.24, 2.45) is 0 Å². The van der Waals surface area contributed by atoms with Crippen molar-refractivity contribution in [3.63, 3.8) is 0 Å². The molecule has 0 radical (unpaired) electrons. The molecule has 0 saturated carbocycles. The average molecular weight is 399 g/mol. The number of fused-ring (bicyclic) bond motifs is 1. The standard InChI is InChI=1S/C22H27N3O2S/c28-22(23-13-17-8-9-20-21(12-17)27-16-26-20)24-14-18-6-2-3-7-19(18)15-25-10-4-1-5-11-25/h2-3,6-9,12H,1,4-5,10-11,13-16H2,(H2,23,24,28)/p+1. The summed E-state index contributed by atoms with van der Waals surface area (Å²) in [6.07, 6.45) is 4.09. The van der Waals surface area contributed by atoms with Gasteiger partial charge in [-0.3, -0.25) is 0 Å². The van der Waals surface area contributed by atoms with E-state index in [0.29, 0.717) is 18.5 Å². The van der Waals surface area contributed by atoms with Crippen LogP contribution in [0.1, 0.15) is 36.0 Å². The Kier molecular flexibility index (Phi) is 6.29. The fourth-order valence-electron chi connectivity index (χ4n) is 3.87. The summed E-state index contributed by atoms with van der Waals surface area (Å²) in [4.78, 5) is 1.70. The topological polar surface area (TPSA) is 47.0 Å². The number of rotatable bonds is 6. The van der Waals surface area contributed by atoms with Gasteiger partial charge in [-0.15, -0.1) is 0 Å². The summed E-state index contributed by atoms with van der Waals surface area (Å²) in [5, 5.41) is 7.30. The van der Waals surface area contributed by atoms with Gasteiger partial charge in [0, 0.05) is 18.7 Å². The minimum atomic E-state index is 0.296. The van der Waals surface area contributed by atoms with Crippen molar-refractivity contribution in [2.45, 2.75) is 38.9 Å². The summed E-state index contributed by atoms with van der Waals surface area (Å²) in [6, 6.07) is 14.7. The van der Waals surface area contributed by atoms with Gasteiger partial charge in [-0.25, -0.2) is 0 Å². The van der Waals surface area contributed by atoms with Gasteiger partial charge in [-0.2, -0.15) is 0 Å². The molecule has 5 nitrogen and oxygen atoms in total. The number of thiocarbonyl (C=S) groups is 1. The van der Waals surface area contributed by atoms with Crippen LogP contribution in [0.3, 0.4) is 0 Å². The number of hydrogen-bond donors (Lipinski definition) is 3. The smallest absolute Gasteiger partial charge is 0.231 e. The molecule has 2 aliphatic rings. The third kappa shape index (κ3) is 4.94. The molecule has 1 saturated heterocycles. The van der Waals surface area contributed by atoms with Crippen LogP contribution in [-0.4, -0.2) is 25.0 Å². The number of nitrogens with one attached hydrogen (secondary N) is 3. The van der Waals surface area contributed by atoms with Crippen molar-refractivity contribution in [1.29, 1.82) is 0 Å². The van der Waals surface area contributed by atoms with Crippen LogP contribution in [0, 0.1) is 0 Å². The third-order valence-electron chi connectivity index (χ3n) is 5.45. The zero-order valence-corrected chi connectivity index (χ0v) is 16.9. The Morgan fingerprint density at radius 1 is 0.893 bits per heavy atom. The number of ether oxygens (including phenoxy) is 2. The molecule has 0 bridgehead atoms. The molecule has 0 unspecified atom stereocenters. The molecule has 1 fully saturated rings. The first-order valence-corrected chi connectivity index (χ1v) is 10.5. The Labute approximate surface area is 172 Å². The van der Waals surface area contributed by atoms with Crippen LogP contribution in [-0.2, 0) is 19.6 Å². The van der Waals surface area contributed by atoms with Crippen LogP contribution in [0.15, 0.2) is 42.5 Å². The highest BCUT2D eigenvalue weighted by molar-refractivity contribution is 7.80. The van der Waals surface area contributed by atoms with Crippen LogP contribution in [0.4, 0.5) is 0 Å². The van der Waals surface area contributed by atoms with Crippen LogP contribution in [0.5, 0.6) is 11.5 Å². The molecular weight excluding hydrogens is 370 g/mol. The van der Waals surface area contributed by atoms with Gasteiger partial charge in [0.05, 0.1) is 13.1 Å². The van der Waals surface area contributed by atoms with Crippen molar-refractivity contribution < 1.29 is 14.4 Å². The van der Waals surface area contributed by atoms with E-state index in [0.717, 1.165) is 30.2 Å². The van der Waals surface area contributed by atoms with Crippen molar-refractivity contribution in [3.05, 3.63) is 59.2 Å².